The van der Waals surface area contributed by atoms with E-state index in [-0.39, 0.29) is 12.1 Å². The van der Waals surface area contributed by atoms with Crippen LogP contribution in [0.15, 0.2) is 18.2 Å². The van der Waals surface area contributed by atoms with E-state index in [4.69, 9.17) is 23.1 Å². The average Bonchev–Trinajstić information content (AvgIpc) is 2.96. The lowest BCUT2D eigenvalue weighted by Gasteiger charge is -2.12. The van der Waals surface area contributed by atoms with Crippen LogP contribution in [0, 0.1) is 0 Å². The van der Waals surface area contributed by atoms with Crippen molar-refractivity contribution in [1.82, 2.24) is 25.0 Å². The van der Waals surface area contributed by atoms with Gasteiger partial charge in [0.15, 0.2) is 17.0 Å². The van der Waals surface area contributed by atoms with E-state index in [9.17, 15) is 0 Å². The van der Waals surface area contributed by atoms with Crippen molar-refractivity contribution in [1.29, 1.82) is 0 Å². The van der Waals surface area contributed by atoms with Crippen LogP contribution in [0.2, 0.25) is 5.02 Å². The second-order valence-electron chi connectivity index (χ2n) is 6.45. The highest BCUT2D eigenvalue weighted by Gasteiger charge is 2.17. The summed E-state index contributed by atoms with van der Waals surface area (Å²) in [6, 6.07) is 5.26. The number of hydrogen-bond donors (Lipinski definition) is 4. The summed E-state index contributed by atoms with van der Waals surface area (Å²) in [6.07, 6.45) is 0. The summed E-state index contributed by atoms with van der Waals surface area (Å²) in [4.78, 5) is 9.05. The minimum atomic E-state index is -0.0356. The highest BCUT2D eigenvalue weighted by atomic mass is 35.5. The van der Waals surface area contributed by atoms with Gasteiger partial charge in [-0.05, 0) is 39.0 Å². The van der Waals surface area contributed by atoms with Crippen molar-refractivity contribution in [3.8, 4) is 0 Å². The molecule has 0 spiro atoms. The Morgan fingerprint density at radius 1 is 1.19 bits per heavy atom. The second-order valence-corrected chi connectivity index (χ2v) is 6.89. The van der Waals surface area contributed by atoms with E-state index in [1.165, 1.54) is 0 Å². The van der Waals surface area contributed by atoms with Gasteiger partial charge in [0.25, 0.3) is 0 Å². The Bertz CT molecular complexity index is 899. The van der Waals surface area contributed by atoms with E-state index in [1.807, 2.05) is 20.8 Å². The first kappa shape index (κ1) is 18.2. The molecular weight excluding hydrogens is 354 g/mol. The molecule has 3 aromatic rings. The number of nitrogens with one attached hydrogen (secondary N) is 2. The zero-order valence-electron chi connectivity index (χ0n) is 14.9. The molecule has 0 radical (unpaired) electrons. The van der Waals surface area contributed by atoms with E-state index in [0.29, 0.717) is 45.9 Å². The van der Waals surface area contributed by atoms with Gasteiger partial charge in [0.1, 0.15) is 0 Å². The third-order valence-corrected chi connectivity index (χ3v) is 3.80. The van der Waals surface area contributed by atoms with E-state index in [2.05, 4.69) is 30.9 Å². The first-order chi connectivity index (χ1) is 12.3. The van der Waals surface area contributed by atoms with Crippen LogP contribution in [0.3, 0.4) is 0 Å². The van der Waals surface area contributed by atoms with E-state index in [0.717, 1.165) is 0 Å². The summed E-state index contributed by atoms with van der Waals surface area (Å²) in [5.74, 6) is 0.951. The Labute approximate surface area is 156 Å². The van der Waals surface area contributed by atoms with Gasteiger partial charge in [-0.3, -0.25) is 0 Å². The molecule has 2 aromatic heterocycles. The molecular formula is C16H22ClN9. The van der Waals surface area contributed by atoms with Crippen LogP contribution in [0.5, 0.6) is 0 Å². The highest BCUT2D eigenvalue weighted by Crippen LogP contribution is 2.27. The number of rotatable bonds is 6. The molecule has 1 aromatic carbocycles. The third kappa shape index (κ3) is 3.94. The maximum absolute atomic E-state index is 6.09. The van der Waals surface area contributed by atoms with Crippen molar-refractivity contribution in [2.45, 2.75) is 32.9 Å². The fourth-order valence-electron chi connectivity index (χ4n) is 2.42. The topological polar surface area (TPSA) is 133 Å². The number of benzene rings is 1. The largest absolute Gasteiger partial charge is 0.399 e. The molecule has 1 atom stereocenters. The Hall–Kier alpha value is -2.65. The van der Waals surface area contributed by atoms with E-state index in [1.54, 1.807) is 22.9 Å². The summed E-state index contributed by atoms with van der Waals surface area (Å²) in [5, 5.41) is 15.3. The number of halogens is 1. The Morgan fingerprint density at radius 2 is 1.96 bits per heavy atom. The molecule has 138 valence electrons. The number of fused-ring (bicyclic) bond motifs is 1. The maximum atomic E-state index is 6.09. The molecule has 1 unspecified atom stereocenters. The second kappa shape index (κ2) is 7.30. The zero-order chi connectivity index (χ0) is 18.8. The fourth-order valence-corrected chi connectivity index (χ4v) is 2.66. The van der Waals surface area contributed by atoms with Crippen LogP contribution in [-0.2, 0) is 0 Å². The monoisotopic (exact) mass is 375 g/mol. The predicted octanol–water partition coefficient (Wildman–Crippen LogP) is 2.54. The minimum Gasteiger partial charge on any atom is -0.399 e. The quantitative estimate of drug-likeness (QED) is 0.483. The number of nitrogens with zero attached hydrogens (tertiary/aromatic N) is 5. The lowest BCUT2D eigenvalue weighted by Crippen LogP contribution is -2.26. The molecule has 0 aliphatic rings. The molecule has 0 saturated carbocycles. The number of nitrogens with two attached hydrogens (primary N) is 2. The van der Waals surface area contributed by atoms with Gasteiger partial charge in [-0.25, -0.2) is 4.68 Å². The Balaban J connectivity index is 2.06. The van der Waals surface area contributed by atoms with Gasteiger partial charge in [0, 0.05) is 29.0 Å². The van der Waals surface area contributed by atoms with Gasteiger partial charge >= 0.3 is 0 Å². The van der Waals surface area contributed by atoms with Crippen LogP contribution in [0.25, 0.3) is 11.2 Å². The molecule has 2 heterocycles. The Morgan fingerprint density at radius 3 is 2.62 bits per heavy atom. The van der Waals surface area contributed by atoms with Gasteiger partial charge in [0.2, 0.25) is 5.95 Å². The molecule has 0 aliphatic heterocycles. The highest BCUT2D eigenvalue weighted by molar-refractivity contribution is 6.31. The summed E-state index contributed by atoms with van der Waals surface area (Å²) in [5.41, 5.74) is 14.1. The number of nitrogen functional groups attached to an aromatic ring is 1. The Kier molecular flexibility index (Phi) is 5.10. The van der Waals surface area contributed by atoms with Crippen LogP contribution < -0.4 is 22.1 Å². The summed E-state index contributed by atoms with van der Waals surface area (Å²) >= 11 is 6.09. The van der Waals surface area contributed by atoms with Crippen molar-refractivity contribution in [2.24, 2.45) is 5.73 Å². The molecule has 26 heavy (non-hydrogen) atoms. The summed E-state index contributed by atoms with van der Waals surface area (Å²) < 4.78 is 1.74. The van der Waals surface area contributed by atoms with Crippen LogP contribution in [0.4, 0.5) is 23.1 Å². The van der Waals surface area contributed by atoms with Gasteiger partial charge < -0.3 is 22.1 Å². The SMILES string of the molecule is CC(N)CNc1nc(Nc2cc(N)cc(Cl)c2)c2nnn(C(C)C)c2n1. The summed E-state index contributed by atoms with van der Waals surface area (Å²) in [6.45, 7) is 6.46. The third-order valence-electron chi connectivity index (χ3n) is 3.58. The van der Waals surface area contributed by atoms with Crippen molar-refractivity contribution >= 4 is 45.9 Å². The molecule has 9 nitrogen and oxygen atoms in total. The number of aromatic nitrogens is 5. The van der Waals surface area contributed by atoms with Crippen LogP contribution in [0.1, 0.15) is 26.8 Å². The molecule has 3 rings (SSSR count). The molecule has 6 N–H and O–H groups in total. The zero-order valence-corrected chi connectivity index (χ0v) is 15.6. The number of hydrogen-bond acceptors (Lipinski definition) is 8. The molecule has 0 amide bonds. The first-order valence-electron chi connectivity index (χ1n) is 8.29. The van der Waals surface area contributed by atoms with Gasteiger partial charge in [-0.15, -0.1) is 5.10 Å². The smallest absolute Gasteiger partial charge is 0.226 e. The maximum Gasteiger partial charge on any atom is 0.226 e. The molecule has 0 saturated heterocycles. The van der Waals surface area contributed by atoms with Crippen molar-refractivity contribution < 1.29 is 0 Å². The lowest BCUT2D eigenvalue weighted by molar-refractivity contribution is 0.526. The number of anilines is 4. The van der Waals surface area contributed by atoms with Gasteiger partial charge in [-0.2, -0.15) is 9.97 Å². The first-order valence-corrected chi connectivity index (χ1v) is 8.66. The molecule has 0 fully saturated rings. The predicted molar refractivity (Wildman–Crippen MR) is 105 cm³/mol. The average molecular weight is 376 g/mol. The van der Waals surface area contributed by atoms with Crippen LogP contribution >= 0.6 is 11.6 Å². The van der Waals surface area contributed by atoms with Crippen molar-refractivity contribution in [2.75, 3.05) is 22.9 Å². The molecule has 0 aliphatic carbocycles. The standard InChI is InChI=1S/C16H22ClN9/c1-8(2)26-15-13(24-25-26)14(22-16(23-15)20-7-9(3)18)21-12-5-10(17)4-11(19)6-12/h4-6,8-9H,7,18-19H2,1-3H3,(H2,20,21,22,23). The van der Waals surface area contributed by atoms with E-state index >= 15 is 0 Å². The minimum absolute atomic E-state index is 0.0356. The van der Waals surface area contributed by atoms with Gasteiger partial charge in [0.05, 0.1) is 6.04 Å². The van der Waals surface area contributed by atoms with Crippen LogP contribution in [-0.4, -0.2) is 37.5 Å². The molecule has 0 bridgehead atoms. The molecule has 10 heteroatoms. The van der Waals surface area contributed by atoms with Crippen molar-refractivity contribution in [3.05, 3.63) is 23.2 Å². The van der Waals surface area contributed by atoms with Gasteiger partial charge in [-0.1, -0.05) is 16.8 Å². The normalized spacial score (nSPS) is 12.5. The summed E-state index contributed by atoms with van der Waals surface area (Å²) in [7, 11) is 0. The van der Waals surface area contributed by atoms with E-state index < -0.39 is 0 Å². The lowest BCUT2D eigenvalue weighted by atomic mass is 10.3. The fraction of sp³-hybridized carbons (Fsp3) is 0.375. The van der Waals surface area contributed by atoms with Crippen molar-refractivity contribution in [3.63, 3.8) is 0 Å².